The van der Waals surface area contributed by atoms with Crippen molar-refractivity contribution in [1.29, 1.82) is 0 Å². The highest BCUT2D eigenvalue weighted by atomic mass is 19.1. The van der Waals surface area contributed by atoms with Crippen molar-refractivity contribution in [3.05, 3.63) is 81.4 Å². The van der Waals surface area contributed by atoms with E-state index in [2.05, 4.69) is 41.5 Å². The number of pyridine rings is 1. The number of hydrogen-bond acceptors (Lipinski definition) is 3. The number of carbonyl (C=O) groups is 1. The van der Waals surface area contributed by atoms with Crippen LogP contribution < -0.4 is 10.9 Å². The second-order valence-corrected chi connectivity index (χ2v) is 7.03. The van der Waals surface area contributed by atoms with E-state index in [4.69, 9.17) is 0 Å². The lowest BCUT2D eigenvalue weighted by molar-refractivity contribution is 0.0940. The molecule has 0 spiro atoms. The third-order valence-corrected chi connectivity index (χ3v) is 4.90. The largest absolute Gasteiger partial charge is 0.350 e. The number of benzene rings is 2. The summed E-state index contributed by atoms with van der Waals surface area (Å²) in [5, 5.41) is 3.45. The Morgan fingerprint density at radius 3 is 2.50 bits per heavy atom. The van der Waals surface area contributed by atoms with Crippen LogP contribution in [0.3, 0.4) is 0 Å². The molecule has 1 heterocycles. The van der Waals surface area contributed by atoms with Crippen molar-refractivity contribution in [2.24, 2.45) is 0 Å². The molecular weight excluding hydrogens is 357 g/mol. The Hall–Kier alpha value is -2.99. The maximum absolute atomic E-state index is 13.3. The van der Waals surface area contributed by atoms with Crippen molar-refractivity contribution in [3.63, 3.8) is 0 Å². The number of aryl methyl sites for hydroxylation is 1. The predicted octanol–water partition coefficient (Wildman–Crippen LogP) is 3.26. The van der Waals surface area contributed by atoms with Gasteiger partial charge in [0.25, 0.3) is 11.5 Å². The Bertz CT molecular complexity index is 1040. The van der Waals surface area contributed by atoms with E-state index in [-0.39, 0.29) is 11.6 Å². The normalized spacial score (nSPS) is 12.3. The van der Waals surface area contributed by atoms with Crippen LogP contribution in [0.25, 0.3) is 10.9 Å². The summed E-state index contributed by atoms with van der Waals surface area (Å²) in [6.45, 7) is 2.46. The lowest BCUT2D eigenvalue weighted by Crippen LogP contribution is -2.36. The molecule has 2 aromatic carbocycles. The molecule has 0 fully saturated rings. The third-order valence-electron chi connectivity index (χ3n) is 4.90. The van der Waals surface area contributed by atoms with E-state index >= 15 is 0 Å². The number of nitrogens with zero attached hydrogens (tertiary/aromatic N) is 1. The highest BCUT2D eigenvalue weighted by Gasteiger charge is 2.18. The van der Waals surface area contributed by atoms with Gasteiger partial charge in [0.1, 0.15) is 11.4 Å². The van der Waals surface area contributed by atoms with Crippen LogP contribution in [0.2, 0.25) is 0 Å². The molecule has 1 unspecified atom stereocenters. The van der Waals surface area contributed by atoms with Gasteiger partial charge < -0.3 is 15.2 Å². The number of fused-ring (bicyclic) bond motifs is 1. The number of nitrogens with one attached hydrogen (secondary N) is 2. The van der Waals surface area contributed by atoms with E-state index in [1.165, 1.54) is 29.8 Å². The van der Waals surface area contributed by atoms with Crippen molar-refractivity contribution >= 4 is 16.8 Å². The monoisotopic (exact) mass is 381 g/mol. The number of aromatic nitrogens is 1. The van der Waals surface area contributed by atoms with E-state index in [9.17, 15) is 14.0 Å². The molecule has 0 saturated heterocycles. The Kier molecular flexibility index (Phi) is 5.90. The first-order valence-electron chi connectivity index (χ1n) is 9.25. The second-order valence-electron chi connectivity index (χ2n) is 7.03. The minimum absolute atomic E-state index is 0.0120. The van der Waals surface area contributed by atoms with Crippen LogP contribution in [0, 0.1) is 5.82 Å². The number of amides is 1. The van der Waals surface area contributed by atoms with Crippen LogP contribution >= 0.6 is 0 Å². The van der Waals surface area contributed by atoms with Gasteiger partial charge in [0, 0.05) is 6.54 Å². The van der Waals surface area contributed by atoms with Gasteiger partial charge in [-0.3, -0.25) is 9.59 Å². The smallest absolute Gasteiger partial charge is 0.261 e. The molecule has 1 atom stereocenters. The van der Waals surface area contributed by atoms with Gasteiger partial charge in [0.15, 0.2) is 0 Å². The summed E-state index contributed by atoms with van der Waals surface area (Å²) in [6, 6.07) is 13.8. The molecule has 1 aromatic heterocycles. The summed E-state index contributed by atoms with van der Waals surface area (Å²) in [7, 11) is 3.89. The van der Waals surface area contributed by atoms with E-state index in [0.29, 0.717) is 17.4 Å². The zero-order valence-electron chi connectivity index (χ0n) is 16.3. The van der Waals surface area contributed by atoms with E-state index in [1.807, 2.05) is 19.0 Å². The second kappa shape index (κ2) is 8.35. The maximum Gasteiger partial charge on any atom is 0.261 e. The van der Waals surface area contributed by atoms with Crippen LogP contribution in [0.4, 0.5) is 4.39 Å². The topological polar surface area (TPSA) is 65.2 Å². The van der Waals surface area contributed by atoms with E-state index in [0.717, 1.165) is 12.0 Å². The van der Waals surface area contributed by atoms with Crippen LogP contribution in [0.1, 0.15) is 34.5 Å². The van der Waals surface area contributed by atoms with E-state index in [1.54, 1.807) is 0 Å². The van der Waals surface area contributed by atoms with Crippen molar-refractivity contribution in [2.75, 3.05) is 20.6 Å². The fourth-order valence-electron chi connectivity index (χ4n) is 3.20. The first-order valence-corrected chi connectivity index (χ1v) is 9.25. The fraction of sp³-hybridized carbons (Fsp3) is 0.273. The molecule has 2 N–H and O–H groups in total. The molecule has 1 amide bonds. The summed E-state index contributed by atoms with van der Waals surface area (Å²) < 4.78 is 13.3. The van der Waals surface area contributed by atoms with Gasteiger partial charge in [0.05, 0.1) is 11.6 Å². The van der Waals surface area contributed by atoms with Crippen molar-refractivity contribution in [1.82, 2.24) is 15.2 Å². The Balaban J connectivity index is 1.79. The summed E-state index contributed by atoms with van der Waals surface area (Å²) >= 11 is 0. The Morgan fingerprint density at radius 1 is 1.14 bits per heavy atom. The van der Waals surface area contributed by atoms with Gasteiger partial charge in [-0.25, -0.2) is 4.39 Å². The number of aromatic amines is 1. The first-order chi connectivity index (χ1) is 13.4. The number of rotatable bonds is 6. The average Bonchev–Trinajstić information content (AvgIpc) is 2.67. The lowest BCUT2D eigenvalue weighted by Gasteiger charge is -2.25. The Labute approximate surface area is 163 Å². The summed E-state index contributed by atoms with van der Waals surface area (Å²) in [5.74, 6) is -0.896. The molecule has 0 aliphatic carbocycles. The van der Waals surface area contributed by atoms with E-state index < -0.39 is 17.3 Å². The number of carbonyl (C=O) groups excluding carboxylic acids is 1. The number of halogens is 1. The fourth-order valence-corrected chi connectivity index (χ4v) is 3.20. The van der Waals surface area contributed by atoms with Crippen molar-refractivity contribution in [3.8, 4) is 0 Å². The molecule has 6 heteroatoms. The highest BCUT2D eigenvalue weighted by Crippen LogP contribution is 2.19. The minimum Gasteiger partial charge on any atom is -0.350 e. The maximum atomic E-state index is 13.3. The molecule has 0 aliphatic rings. The molecule has 28 heavy (non-hydrogen) atoms. The zero-order valence-corrected chi connectivity index (χ0v) is 16.3. The van der Waals surface area contributed by atoms with Gasteiger partial charge in [-0.15, -0.1) is 0 Å². The van der Waals surface area contributed by atoms with Crippen LogP contribution in [-0.2, 0) is 6.42 Å². The molecule has 146 valence electrons. The standard InChI is InChI=1S/C22H24FN3O2/c1-4-14-5-7-15(8-6-14)20(26(2)3)13-24-21(27)18-11-16-9-10-17(23)12-19(16)25-22(18)28/h5-12,20H,4,13H2,1-3H3,(H,24,27)(H,25,28). The first kappa shape index (κ1) is 19.8. The minimum atomic E-state index is -0.538. The highest BCUT2D eigenvalue weighted by molar-refractivity contribution is 5.97. The van der Waals surface area contributed by atoms with Gasteiger partial charge in [-0.2, -0.15) is 0 Å². The SMILES string of the molecule is CCc1ccc(C(CNC(=O)c2cc3ccc(F)cc3[nH]c2=O)N(C)C)cc1. The zero-order chi connectivity index (χ0) is 20.3. The molecule has 3 aromatic rings. The van der Waals surface area contributed by atoms with Crippen molar-refractivity contribution in [2.45, 2.75) is 19.4 Å². The third kappa shape index (κ3) is 4.28. The number of H-pyrrole nitrogens is 1. The quantitative estimate of drug-likeness (QED) is 0.689. The average molecular weight is 381 g/mol. The van der Waals surface area contributed by atoms with Gasteiger partial charge in [-0.05, 0) is 61.3 Å². The molecule has 3 rings (SSSR count). The summed E-state index contributed by atoms with van der Waals surface area (Å²) in [5.41, 5.74) is 2.18. The van der Waals surface area contributed by atoms with Gasteiger partial charge >= 0.3 is 0 Å². The Morgan fingerprint density at radius 2 is 1.86 bits per heavy atom. The summed E-state index contributed by atoms with van der Waals surface area (Å²) in [4.78, 5) is 29.5. The molecule has 5 nitrogen and oxygen atoms in total. The van der Waals surface area contributed by atoms with Gasteiger partial charge in [0.2, 0.25) is 0 Å². The summed E-state index contributed by atoms with van der Waals surface area (Å²) in [6.07, 6.45) is 0.971. The number of hydrogen-bond donors (Lipinski definition) is 2. The molecule has 0 saturated carbocycles. The van der Waals surface area contributed by atoms with Crippen LogP contribution in [0.15, 0.2) is 53.3 Å². The number of likely N-dealkylation sites (N-methyl/N-ethyl adjacent to an activating group) is 1. The van der Waals surface area contributed by atoms with Gasteiger partial charge in [-0.1, -0.05) is 31.2 Å². The molecule has 0 radical (unpaired) electrons. The molecule has 0 bridgehead atoms. The predicted molar refractivity (Wildman–Crippen MR) is 109 cm³/mol. The molecule has 0 aliphatic heterocycles. The molecular formula is C22H24FN3O2. The lowest BCUT2D eigenvalue weighted by atomic mass is 10.0. The van der Waals surface area contributed by atoms with Crippen LogP contribution in [0.5, 0.6) is 0 Å². The van der Waals surface area contributed by atoms with Crippen LogP contribution in [-0.4, -0.2) is 36.4 Å². The van der Waals surface area contributed by atoms with Crippen molar-refractivity contribution < 1.29 is 9.18 Å².